The third-order valence-corrected chi connectivity index (χ3v) is 3.38. The van der Waals surface area contributed by atoms with Crippen molar-refractivity contribution >= 4 is 17.7 Å². The Hall–Kier alpha value is -0.960. The number of hydrogen-bond donors (Lipinski definition) is 0. The van der Waals surface area contributed by atoms with Gasteiger partial charge in [0, 0.05) is 16.6 Å². The summed E-state index contributed by atoms with van der Waals surface area (Å²) in [5.41, 5.74) is 1.28. The molecule has 0 aliphatic heterocycles. The molecule has 0 N–H and O–H groups in total. The predicted molar refractivity (Wildman–Crippen MR) is 72.4 cm³/mol. The number of rotatable bonds is 6. The van der Waals surface area contributed by atoms with E-state index in [1.807, 2.05) is 11.8 Å². The molecule has 1 aromatic rings. The molecule has 0 saturated heterocycles. The van der Waals surface area contributed by atoms with E-state index < -0.39 is 0 Å². The summed E-state index contributed by atoms with van der Waals surface area (Å²) >= 11 is 1.87. The number of carbonyl (C=O) groups excluding carboxylic acids is 1. The normalized spacial score (nSPS) is 10.6. The van der Waals surface area contributed by atoms with Crippen LogP contribution in [0.3, 0.4) is 0 Å². The molecule has 1 rings (SSSR count). The summed E-state index contributed by atoms with van der Waals surface area (Å²) in [7, 11) is 1.43. The van der Waals surface area contributed by atoms with Crippen LogP contribution in [0.4, 0.5) is 0 Å². The molecule has 3 heteroatoms. The van der Waals surface area contributed by atoms with Gasteiger partial charge in [0.2, 0.25) is 0 Å². The van der Waals surface area contributed by atoms with Gasteiger partial charge in [0.25, 0.3) is 0 Å². The Labute approximate surface area is 108 Å². The van der Waals surface area contributed by atoms with Gasteiger partial charge >= 0.3 is 5.97 Å². The minimum Gasteiger partial charge on any atom is -0.469 e. The van der Waals surface area contributed by atoms with Crippen molar-refractivity contribution in [1.82, 2.24) is 0 Å². The van der Waals surface area contributed by atoms with Gasteiger partial charge in [0.1, 0.15) is 0 Å². The molecular weight excluding hydrogens is 232 g/mol. The van der Waals surface area contributed by atoms with E-state index in [0.717, 1.165) is 12.8 Å². The maximum atomic E-state index is 11.0. The smallest absolute Gasteiger partial charge is 0.305 e. The standard InChI is InChI=1S/C14H20O2S/c1-11(2)17-13-9-7-12(8-10-13)5-4-6-14(15)16-3/h7-11H,4-6H2,1-3H3. The lowest BCUT2D eigenvalue weighted by atomic mass is 10.1. The lowest BCUT2D eigenvalue weighted by molar-refractivity contribution is -0.140. The summed E-state index contributed by atoms with van der Waals surface area (Å²) in [4.78, 5) is 12.3. The summed E-state index contributed by atoms with van der Waals surface area (Å²) in [6.45, 7) is 4.38. The molecule has 17 heavy (non-hydrogen) atoms. The molecule has 0 fully saturated rings. The molecular formula is C14H20O2S. The zero-order chi connectivity index (χ0) is 12.7. The van der Waals surface area contributed by atoms with Crippen LogP contribution in [0.5, 0.6) is 0 Å². The average Bonchev–Trinajstić information content (AvgIpc) is 2.30. The SMILES string of the molecule is COC(=O)CCCc1ccc(SC(C)C)cc1. The van der Waals surface area contributed by atoms with Crippen LogP contribution in [0.2, 0.25) is 0 Å². The van der Waals surface area contributed by atoms with Crippen molar-refractivity contribution in [3.05, 3.63) is 29.8 Å². The zero-order valence-corrected chi connectivity index (χ0v) is 11.5. The summed E-state index contributed by atoms with van der Waals surface area (Å²) in [6, 6.07) is 8.58. The van der Waals surface area contributed by atoms with Crippen LogP contribution < -0.4 is 0 Å². The molecule has 0 aliphatic carbocycles. The Morgan fingerprint density at radius 1 is 1.29 bits per heavy atom. The maximum Gasteiger partial charge on any atom is 0.305 e. The lowest BCUT2D eigenvalue weighted by Gasteiger charge is -2.06. The highest BCUT2D eigenvalue weighted by Crippen LogP contribution is 2.23. The Balaban J connectivity index is 2.37. The molecule has 2 nitrogen and oxygen atoms in total. The Kier molecular flexibility index (Phi) is 6.12. The number of thioether (sulfide) groups is 1. The van der Waals surface area contributed by atoms with Crippen LogP contribution in [-0.4, -0.2) is 18.3 Å². The summed E-state index contributed by atoms with van der Waals surface area (Å²) in [6.07, 6.45) is 2.28. The second-order valence-electron chi connectivity index (χ2n) is 4.24. The van der Waals surface area contributed by atoms with Crippen LogP contribution in [0, 0.1) is 0 Å². The fourth-order valence-corrected chi connectivity index (χ4v) is 2.38. The van der Waals surface area contributed by atoms with Gasteiger partial charge in [-0.1, -0.05) is 26.0 Å². The number of benzene rings is 1. The molecule has 0 aromatic heterocycles. The van der Waals surface area contributed by atoms with Crippen molar-refractivity contribution in [2.45, 2.75) is 43.3 Å². The van der Waals surface area contributed by atoms with Gasteiger partial charge in [0.15, 0.2) is 0 Å². The second-order valence-corrected chi connectivity index (χ2v) is 5.89. The minimum absolute atomic E-state index is 0.128. The first-order valence-corrected chi connectivity index (χ1v) is 6.82. The summed E-state index contributed by atoms with van der Waals surface area (Å²) in [5, 5.41) is 0.611. The first-order chi connectivity index (χ1) is 8.11. The molecule has 0 bridgehead atoms. The van der Waals surface area contributed by atoms with Crippen molar-refractivity contribution in [2.24, 2.45) is 0 Å². The molecule has 0 radical (unpaired) electrons. The maximum absolute atomic E-state index is 11.0. The molecule has 0 atom stereocenters. The Morgan fingerprint density at radius 3 is 2.47 bits per heavy atom. The van der Waals surface area contributed by atoms with Crippen molar-refractivity contribution in [3.63, 3.8) is 0 Å². The monoisotopic (exact) mass is 252 g/mol. The van der Waals surface area contributed by atoms with E-state index in [0.29, 0.717) is 11.7 Å². The Morgan fingerprint density at radius 2 is 1.94 bits per heavy atom. The van der Waals surface area contributed by atoms with Crippen LogP contribution in [-0.2, 0) is 16.0 Å². The second kappa shape index (κ2) is 7.38. The highest BCUT2D eigenvalue weighted by molar-refractivity contribution is 7.99. The van der Waals surface area contributed by atoms with E-state index in [4.69, 9.17) is 0 Å². The van der Waals surface area contributed by atoms with Gasteiger partial charge in [-0.15, -0.1) is 11.8 Å². The van der Waals surface area contributed by atoms with E-state index in [2.05, 4.69) is 42.8 Å². The number of esters is 1. The van der Waals surface area contributed by atoms with Gasteiger partial charge in [-0.3, -0.25) is 4.79 Å². The molecule has 0 unspecified atom stereocenters. The van der Waals surface area contributed by atoms with Gasteiger partial charge in [-0.2, -0.15) is 0 Å². The van der Waals surface area contributed by atoms with Gasteiger partial charge in [-0.05, 0) is 30.5 Å². The fraction of sp³-hybridized carbons (Fsp3) is 0.500. The van der Waals surface area contributed by atoms with Gasteiger partial charge in [-0.25, -0.2) is 0 Å². The van der Waals surface area contributed by atoms with E-state index in [1.165, 1.54) is 17.6 Å². The molecule has 1 aromatic carbocycles. The molecule has 0 heterocycles. The predicted octanol–water partition coefficient (Wildman–Crippen LogP) is 3.68. The fourth-order valence-electron chi connectivity index (χ4n) is 1.55. The summed E-state index contributed by atoms with van der Waals surface area (Å²) < 4.78 is 4.61. The third-order valence-electron chi connectivity index (χ3n) is 2.37. The minimum atomic E-state index is -0.128. The van der Waals surface area contributed by atoms with Crippen molar-refractivity contribution in [1.29, 1.82) is 0 Å². The topological polar surface area (TPSA) is 26.3 Å². The van der Waals surface area contributed by atoms with Crippen molar-refractivity contribution < 1.29 is 9.53 Å². The number of hydrogen-bond acceptors (Lipinski definition) is 3. The summed E-state index contributed by atoms with van der Waals surface area (Å²) in [5.74, 6) is -0.128. The largest absolute Gasteiger partial charge is 0.469 e. The third kappa shape index (κ3) is 5.78. The highest BCUT2D eigenvalue weighted by Gasteiger charge is 2.01. The number of aryl methyl sites for hydroxylation is 1. The molecule has 0 amide bonds. The number of ether oxygens (including phenoxy) is 1. The molecule has 94 valence electrons. The van der Waals surface area contributed by atoms with E-state index >= 15 is 0 Å². The van der Waals surface area contributed by atoms with Crippen LogP contribution in [0.15, 0.2) is 29.2 Å². The molecule has 0 saturated carbocycles. The van der Waals surface area contributed by atoms with Crippen LogP contribution in [0.25, 0.3) is 0 Å². The van der Waals surface area contributed by atoms with Gasteiger partial charge < -0.3 is 4.74 Å². The van der Waals surface area contributed by atoms with E-state index in [9.17, 15) is 4.79 Å². The molecule has 0 spiro atoms. The van der Waals surface area contributed by atoms with Gasteiger partial charge in [0.05, 0.1) is 7.11 Å². The zero-order valence-electron chi connectivity index (χ0n) is 10.7. The number of methoxy groups -OCH3 is 1. The highest BCUT2D eigenvalue weighted by atomic mass is 32.2. The average molecular weight is 252 g/mol. The lowest BCUT2D eigenvalue weighted by Crippen LogP contribution is -2.00. The van der Waals surface area contributed by atoms with Crippen molar-refractivity contribution in [3.8, 4) is 0 Å². The van der Waals surface area contributed by atoms with Crippen LogP contribution >= 0.6 is 11.8 Å². The Bertz CT molecular complexity index is 344. The van der Waals surface area contributed by atoms with Crippen LogP contribution in [0.1, 0.15) is 32.3 Å². The first-order valence-electron chi connectivity index (χ1n) is 5.94. The van der Waals surface area contributed by atoms with E-state index in [1.54, 1.807) is 0 Å². The van der Waals surface area contributed by atoms with Crippen molar-refractivity contribution in [2.75, 3.05) is 7.11 Å². The first kappa shape index (κ1) is 14.1. The molecule has 0 aliphatic rings. The quantitative estimate of drug-likeness (QED) is 0.570. The van der Waals surface area contributed by atoms with E-state index in [-0.39, 0.29) is 5.97 Å². The number of carbonyl (C=O) groups is 1.